The summed E-state index contributed by atoms with van der Waals surface area (Å²) in [7, 11) is 3.86. The van der Waals surface area contributed by atoms with Crippen molar-refractivity contribution in [3.05, 3.63) is 29.6 Å². The molecule has 3 heteroatoms. The van der Waals surface area contributed by atoms with E-state index >= 15 is 0 Å². The lowest BCUT2D eigenvalue weighted by Gasteiger charge is -2.31. The highest BCUT2D eigenvalue weighted by atomic mass is 19.1. The Bertz CT molecular complexity index is 363. The van der Waals surface area contributed by atoms with E-state index in [0.29, 0.717) is 18.5 Å². The third-order valence-corrected chi connectivity index (χ3v) is 3.40. The van der Waals surface area contributed by atoms with E-state index < -0.39 is 0 Å². The predicted molar refractivity (Wildman–Crippen MR) is 71.9 cm³/mol. The van der Waals surface area contributed by atoms with Gasteiger partial charge in [-0.1, -0.05) is 19.9 Å². The Morgan fingerprint density at radius 1 is 1.29 bits per heavy atom. The summed E-state index contributed by atoms with van der Waals surface area (Å²) in [5, 5.41) is 3.02. The van der Waals surface area contributed by atoms with Crippen LogP contribution >= 0.6 is 0 Å². The lowest BCUT2D eigenvalue weighted by Crippen LogP contribution is -2.34. The Balaban J connectivity index is 3.07. The zero-order valence-electron chi connectivity index (χ0n) is 11.4. The maximum Gasteiger partial charge on any atom is 0.129 e. The molecule has 0 aliphatic heterocycles. The molecule has 0 radical (unpaired) electrons. The van der Waals surface area contributed by atoms with Crippen molar-refractivity contribution in [3.8, 4) is 0 Å². The predicted octanol–water partition coefficient (Wildman–Crippen LogP) is 3.03. The van der Waals surface area contributed by atoms with E-state index in [1.807, 2.05) is 20.2 Å². The molecule has 1 aromatic rings. The van der Waals surface area contributed by atoms with Crippen LogP contribution in [0.1, 0.15) is 26.3 Å². The number of benzene rings is 1. The highest BCUT2D eigenvalue weighted by molar-refractivity contribution is 5.54. The molecule has 1 unspecified atom stereocenters. The Morgan fingerprint density at radius 2 is 1.94 bits per heavy atom. The molecule has 0 spiro atoms. The molecule has 1 N–H and O–H groups in total. The fourth-order valence-corrected chi connectivity index (χ4v) is 1.90. The van der Waals surface area contributed by atoms with Crippen molar-refractivity contribution in [1.29, 1.82) is 0 Å². The quantitative estimate of drug-likeness (QED) is 0.848. The summed E-state index contributed by atoms with van der Waals surface area (Å²) in [5.41, 5.74) is 1.71. The molecule has 0 amide bonds. The van der Waals surface area contributed by atoms with E-state index in [0.717, 1.165) is 11.3 Å². The van der Waals surface area contributed by atoms with Gasteiger partial charge in [0.1, 0.15) is 5.82 Å². The Morgan fingerprint density at radius 3 is 2.47 bits per heavy atom. The molecule has 0 saturated heterocycles. The number of rotatable bonds is 5. The number of anilines is 1. The van der Waals surface area contributed by atoms with Crippen LogP contribution in [0.25, 0.3) is 0 Å². The maximum atomic E-state index is 13.8. The molecule has 17 heavy (non-hydrogen) atoms. The van der Waals surface area contributed by atoms with E-state index in [-0.39, 0.29) is 5.82 Å². The average Bonchev–Trinajstić information content (AvgIpc) is 2.30. The zero-order valence-corrected chi connectivity index (χ0v) is 11.4. The van der Waals surface area contributed by atoms with Crippen molar-refractivity contribution in [2.75, 3.05) is 19.0 Å². The Labute approximate surface area is 104 Å². The minimum absolute atomic E-state index is 0.139. The zero-order chi connectivity index (χ0) is 13.0. The van der Waals surface area contributed by atoms with Crippen molar-refractivity contribution >= 4 is 5.69 Å². The molecule has 1 atom stereocenters. The normalized spacial score (nSPS) is 12.9. The van der Waals surface area contributed by atoms with Gasteiger partial charge < -0.3 is 10.2 Å². The van der Waals surface area contributed by atoms with E-state index in [4.69, 9.17) is 0 Å². The first-order valence-electron chi connectivity index (χ1n) is 6.13. The molecular weight excluding hydrogens is 215 g/mol. The molecule has 0 aromatic heterocycles. The van der Waals surface area contributed by atoms with Crippen LogP contribution in [0, 0.1) is 11.7 Å². The maximum absolute atomic E-state index is 13.8. The van der Waals surface area contributed by atoms with Gasteiger partial charge in [0.05, 0.1) is 0 Å². The molecule has 0 aliphatic rings. The van der Waals surface area contributed by atoms with Crippen LogP contribution in [-0.4, -0.2) is 20.1 Å². The van der Waals surface area contributed by atoms with Crippen LogP contribution in [0.2, 0.25) is 0 Å². The molecule has 0 heterocycles. The van der Waals surface area contributed by atoms with Gasteiger partial charge in [-0.05, 0) is 32.0 Å². The van der Waals surface area contributed by atoms with Crippen molar-refractivity contribution in [3.63, 3.8) is 0 Å². The molecule has 1 aromatic carbocycles. The average molecular weight is 238 g/mol. The fourth-order valence-electron chi connectivity index (χ4n) is 1.90. The van der Waals surface area contributed by atoms with Crippen LogP contribution in [-0.2, 0) is 6.54 Å². The molecular formula is C14H23FN2. The van der Waals surface area contributed by atoms with E-state index in [9.17, 15) is 4.39 Å². The molecule has 0 bridgehead atoms. The molecule has 96 valence electrons. The number of nitrogens with one attached hydrogen (secondary N) is 1. The van der Waals surface area contributed by atoms with Gasteiger partial charge in [0.15, 0.2) is 0 Å². The van der Waals surface area contributed by atoms with Crippen molar-refractivity contribution in [1.82, 2.24) is 5.32 Å². The van der Waals surface area contributed by atoms with Gasteiger partial charge in [-0.25, -0.2) is 4.39 Å². The van der Waals surface area contributed by atoms with Crippen molar-refractivity contribution in [2.24, 2.45) is 5.92 Å². The summed E-state index contributed by atoms with van der Waals surface area (Å²) >= 11 is 0. The van der Waals surface area contributed by atoms with Gasteiger partial charge in [0.2, 0.25) is 0 Å². The van der Waals surface area contributed by atoms with E-state index in [2.05, 4.69) is 31.0 Å². The van der Waals surface area contributed by atoms with Crippen molar-refractivity contribution in [2.45, 2.75) is 33.4 Å². The van der Waals surface area contributed by atoms with E-state index in [1.165, 1.54) is 6.07 Å². The number of hydrogen-bond donors (Lipinski definition) is 1. The second-order valence-corrected chi connectivity index (χ2v) is 4.86. The third kappa shape index (κ3) is 3.19. The number of nitrogens with zero attached hydrogens (tertiary/aromatic N) is 1. The van der Waals surface area contributed by atoms with Crippen LogP contribution in [0.3, 0.4) is 0 Å². The summed E-state index contributed by atoms with van der Waals surface area (Å²) in [6, 6.07) is 5.65. The lowest BCUT2D eigenvalue weighted by atomic mass is 10.0. The first kappa shape index (κ1) is 14.0. The monoisotopic (exact) mass is 238 g/mol. The Hall–Kier alpha value is -1.09. The van der Waals surface area contributed by atoms with Gasteiger partial charge in [-0.15, -0.1) is 0 Å². The largest absolute Gasteiger partial charge is 0.371 e. The van der Waals surface area contributed by atoms with Gasteiger partial charge in [-0.2, -0.15) is 0 Å². The fraction of sp³-hybridized carbons (Fsp3) is 0.571. The number of hydrogen-bond acceptors (Lipinski definition) is 2. The lowest BCUT2D eigenvalue weighted by molar-refractivity contribution is 0.502. The van der Waals surface area contributed by atoms with Gasteiger partial charge in [0.25, 0.3) is 0 Å². The van der Waals surface area contributed by atoms with Gasteiger partial charge >= 0.3 is 0 Å². The Kier molecular flexibility index (Phi) is 4.94. The highest BCUT2D eigenvalue weighted by Gasteiger charge is 2.17. The van der Waals surface area contributed by atoms with Crippen LogP contribution < -0.4 is 10.2 Å². The van der Waals surface area contributed by atoms with Crippen LogP contribution in [0.4, 0.5) is 10.1 Å². The smallest absolute Gasteiger partial charge is 0.129 e. The second kappa shape index (κ2) is 6.01. The SMILES string of the molecule is CNCc1c(F)cccc1N(C)C(C)C(C)C. The second-order valence-electron chi connectivity index (χ2n) is 4.86. The first-order chi connectivity index (χ1) is 7.99. The topological polar surface area (TPSA) is 15.3 Å². The summed E-state index contributed by atoms with van der Waals surface area (Å²) < 4.78 is 13.8. The molecule has 2 nitrogen and oxygen atoms in total. The molecule has 0 aliphatic carbocycles. The van der Waals surface area contributed by atoms with Gasteiger partial charge in [-0.3, -0.25) is 0 Å². The minimum atomic E-state index is -0.139. The summed E-state index contributed by atoms with van der Waals surface area (Å²) in [6.45, 7) is 7.08. The summed E-state index contributed by atoms with van der Waals surface area (Å²) in [5.74, 6) is 0.394. The standard InChI is InChI=1S/C14H23FN2/c1-10(2)11(3)17(5)14-8-6-7-13(15)12(14)9-16-4/h6-8,10-11,16H,9H2,1-5H3. The highest BCUT2D eigenvalue weighted by Crippen LogP contribution is 2.25. The summed E-state index contributed by atoms with van der Waals surface area (Å²) in [4.78, 5) is 2.15. The van der Waals surface area contributed by atoms with Gasteiger partial charge in [0, 0.05) is 30.9 Å². The molecule has 0 fully saturated rings. The molecule has 1 rings (SSSR count). The first-order valence-corrected chi connectivity index (χ1v) is 6.13. The van der Waals surface area contributed by atoms with E-state index in [1.54, 1.807) is 6.07 Å². The van der Waals surface area contributed by atoms with Crippen LogP contribution in [0.15, 0.2) is 18.2 Å². The summed E-state index contributed by atoms with van der Waals surface area (Å²) in [6.07, 6.45) is 0. The van der Waals surface area contributed by atoms with Crippen molar-refractivity contribution < 1.29 is 4.39 Å². The third-order valence-electron chi connectivity index (χ3n) is 3.40. The molecule has 0 saturated carbocycles. The minimum Gasteiger partial charge on any atom is -0.371 e. The van der Waals surface area contributed by atoms with Crippen LogP contribution in [0.5, 0.6) is 0 Å². The number of halogens is 1.